The third-order valence-corrected chi connectivity index (χ3v) is 2.81. The molecule has 0 aromatic heterocycles. The normalized spacial score (nSPS) is 19.5. The molecule has 1 saturated carbocycles. The number of carbonyl (C=O) groups excluding carboxylic acids is 1. The van der Waals surface area contributed by atoms with Crippen LogP contribution in [-0.4, -0.2) is 30.3 Å². The highest BCUT2D eigenvalue weighted by Crippen LogP contribution is 2.20. The minimum Gasteiger partial charge on any atom is -0.300 e. The van der Waals surface area contributed by atoms with E-state index in [-0.39, 0.29) is 0 Å². The Bertz CT molecular complexity index is 205. The Hall–Kier alpha value is -0.150. The van der Waals surface area contributed by atoms with Gasteiger partial charge in [-0.3, -0.25) is 9.69 Å². The van der Waals surface area contributed by atoms with Crippen LogP contribution in [-0.2, 0) is 4.79 Å². The second-order valence-electron chi connectivity index (χ2n) is 3.70. The van der Waals surface area contributed by atoms with Crippen molar-refractivity contribution in [3.63, 3.8) is 0 Å². The minimum atomic E-state index is 0.419. The van der Waals surface area contributed by atoms with Crippen LogP contribution in [0.15, 0.2) is 11.1 Å². The first kappa shape index (κ1) is 10.9. The molecule has 0 spiro atoms. The molecule has 0 heterocycles. The summed E-state index contributed by atoms with van der Waals surface area (Å²) >= 11 is 3.35. The highest BCUT2D eigenvalue weighted by molar-refractivity contribution is 9.11. The van der Waals surface area contributed by atoms with Gasteiger partial charge in [-0.1, -0.05) is 22.5 Å². The molecule has 1 aliphatic rings. The first-order valence-electron chi connectivity index (χ1n) is 4.65. The largest absolute Gasteiger partial charge is 0.300 e. The maximum absolute atomic E-state index is 11.0. The zero-order valence-electron chi connectivity index (χ0n) is 8.05. The van der Waals surface area contributed by atoms with E-state index in [2.05, 4.69) is 34.5 Å². The summed E-state index contributed by atoms with van der Waals surface area (Å²) in [5.41, 5.74) is 0. The van der Waals surface area contributed by atoms with Crippen molar-refractivity contribution >= 4 is 21.7 Å². The van der Waals surface area contributed by atoms with Crippen molar-refractivity contribution in [2.45, 2.75) is 31.7 Å². The maximum Gasteiger partial charge on any atom is 0.133 e. The molecule has 0 atom stereocenters. The van der Waals surface area contributed by atoms with Gasteiger partial charge in [-0.05, 0) is 19.9 Å². The molecule has 0 aliphatic heterocycles. The summed E-state index contributed by atoms with van der Waals surface area (Å²) in [6.07, 6.45) is 3.53. The summed E-state index contributed by atoms with van der Waals surface area (Å²) in [5.74, 6) is 0.419. The Morgan fingerprint density at radius 2 is 2.15 bits per heavy atom. The van der Waals surface area contributed by atoms with Gasteiger partial charge in [0.15, 0.2) is 0 Å². The van der Waals surface area contributed by atoms with Gasteiger partial charge in [0.1, 0.15) is 5.78 Å². The summed E-state index contributed by atoms with van der Waals surface area (Å²) in [5, 5.41) is 0. The molecular formula is C10H16BrNO. The molecule has 0 radical (unpaired) electrons. The van der Waals surface area contributed by atoms with Gasteiger partial charge in [-0.15, -0.1) is 0 Å². The summed E-state index contributed by atoms with van der Waals surface area (Å²) < 4.78 is 1.01. The van der Waals surface area contributed by atoms with Crippen molar-refractivity contribution in [2.24, 2.45) is 0 Å². The Morgan fingerprint density at radius 1 is 1.62 bits per heavy atom. The topological polar surface area (TPSA) is 20.3 Å². The Kier molecular flexibility index (Phi) is 4.13. The second kappa shape index (κ2) is 4.91. The fraction of sp³-hybridized carbons (Fsp3) is 0.700. The molecule has 1 rings (SSSR count). The predicted molar refractivity (Wildman–Crippen MR) is 58.0 cm³/mol. The summed E-state index contributed by atoms with van der Waals surface area (Å²) in [6, 6.07) is 0.562. The molecule has 1 fully saturated rings. The number of Topliss-reactive ketones (excluding diaryl/α,β-unsaturated/α-hetero) is 1. The van der Waals surface area contributed by atoms with Gasteiger partial charge in [0.25, 0.3) is 0 Å². The predicted octanol–water partition coefficient (Wildman–Crippen LogP) is 2.34. The fourth-order valence-corrected chi connectivity index (χ4v) is 2.16. The number of rotatable bonds is 3. The number of ketones is 1. The monoisotopic (exact) mass is 245 g/mol. The third-order valence-electron chi connectivity index (χ3n) is 2.56. The summed E-state index contributed by atoms with van der Waals surface area (Å²) in [6.45, 7) is 4.69. The van der Waals surface area contributed by atoms with E-state index in [1.807, 2.05) is 0 Å². The number of halogens is 1. The van der Waals surface area contributed by atoms with Gasteiger partial charge < -0.3 is 0 Å². The van der Waals surface area contributed by atoms with Crippen molar-refractivity contribution in [1.29, 1.82) is 0 Å². The third kappa shape index (κ3) is 3.61. The fourth-order valence-electron chi connectivity index (χ4n) is 1.77. The Labute approximate surface area is 88.1 Å². The van der Waals surface area contributed by atoms with Crippen LogP contribution in [0.5, 0.6) is 0 Å². The lowest BCUT2D eigenvalue weighted by Crippen LogP contribution is -2.35. The van der Waals surface area contributed by atoms with Crippen LogP contribution in [0.3, 0.4) is 0 Å². The molecule has 13 heavy (non-hydrogen) atoms. The highest BCUT2D eigenvalue weighted by Gasteiger charge is 2.21. The number of hydrogen-bond donors (Lipinski definition) is 0. The first-order valence-corrected chi connectivity index (χ1v) is 5.44. The van der Waals surface area contributed by atoms with Gasteiger partial charge in [0.05, 0.1) is 0 Å². The van der Waals surface area contributed by atoms with Crippen LogP contribution in [0.25, 0.3) is 0 Å². The quantitative estimate of drug-likeness (QED) is 0.761. The lowest BCUT2D eigenvalue weighted by molar-refractivity contribution is -0.121. The molecule has 0 unspecified atom stereocenters. The average Bonchev–Trinajstić information content (AvgIpc) is 2.04. The van der Waals surface area contributed by atoms with Crippen LogP contribution in [0.4, 0.5) is 0 Å². The molecule has 1 aliphatic carbocycles. The highest BCUT2D eigenvalue weighted by atomic mass is 79.9. The van der Waals surface area contributed by atoms with Crippen molar-refractivity contribution in [1.82, 2.24) is 4.90 Å². The SMILES string of the molecule is C=C(Br)CN(C)C1CCC(=O)CC1. The summed E-state index contributed by atoms with van der Waals surface area (Å²) in [7, 11) is 2.09. The smallest absolute Gasteiger partial charge is 0.133 e. The van der Waals surface area contributed by atoms with Gasteiger partial charge in [0, 0.05) is 29.9 Å². The van der Waals surface area contributed by atoms with E-state index in [1.165, 1.54) is 0 Å². The molecule has 0 bridgehead atoms. The van der Waals surface area contributed by atoms with E-state index in [0.717, 1.165) is 36.7 Å². The lowest BCUT2D eigenvalue weighted by atomic mass is 9.93. The molecule has 0 N–H and O–H groups in total. The van der Waals surface area contributed by atoms with E-state index >= 15 is 0 Å². The number of likely N-dealkylation sites (N-methyl/N-ethyl adjacent to an activating group) is 1. The van der Waals surface area contributed by atoms with Crippen molar-refractivity contribution < 1.29 is 4.79 Å². The van der Waals surface area contributed by atoms with Crippen molar-refractivity contribution in [2.75, 3.05) is 13.6 Å². The van der Waals surface area contributed by atoms with Crippen molar-refractivity contribution in [3.05, 3.63) is 11.1 Å². The average molecular weight is 246 g/mol. The Balaban J connectivity index is 2.35. The van der Waals surface area contributed by atoms with Gasteiger partial charge in [-0.25, -0.2) is 0 Å². The van der Waals surface area contributed by atoms with Gasteiger partial charge in [-0.2, -0.15) is 0 Å². The van der Waals surface area contributed by atoms with Crippen LogP contribution < -0.4 is 0 Å². The molecule has 0 aromatic carbocycles. The zero-order chi connectivity index (χ0) is 9.84. The number of hydrogen-bond acceptors (Lipinski definition) is 2. The van der Waals surface area contributed by atoms with Crippen LogP contribution in [0.1, 0.15) is 25.7 Å². The minimum absolute atomic E-state index is 0.419. The zero-order valence-corrected chi connectivity index (χ0v) is 9.64. The maximum atomic E-state index is 11.0. The molecule has 0 aromatic rings. The molecule has 0 saturated heterocycles. The number of carbonyl (C=O) groups is 1. The lowest BCUT2D eigenvalue weighted by Gasteiger charge is -2.30. The van der Waals surface area contributed by atoms with E-state index in [0.29, 0.717) is 11.8 Å². The molecule has 74 valence electrons. The van der Waals surface area contributed by atoms with E-state index < -0.39 is 0 Å². The standard InChI is InChI=1S/C10H16BrNO/c1-8(11)7-12(2)9-3-5-10(13)6-4-9/h9H,1,3-7H2,2H3. The van der Waals surface area contributed by atoms with Gasteiger partial charge >= 0.3 is 0 Å². The van der Waals surface area contributed by atoms with E-state index in [1.54, 1.807) is 0 Å². The van der Waals surface area contributed by atoms with E-state index in [9.17, 15) is 4.79 Å². The van der Waals surface area contributed by atoms with Crippen LogP contribution >= 0.6 is 15.9 Å². The van der Waals surface area contributed by atoms with Crippen LogP contribution in [0, 0.1) is 0 Å². The van der Waals surface area contributed by atoms with Crippen LogP contribution in [0.2, 0.25) is 0 Å². The Morgan fingerprint density at radius 3 is 2.62 bits per heavy atom. The van der Waals surface area contributed by atoms with Gasteiger partial charge in [0.2, 0.25) is 0 Å². The molecule has 2 nitrogen and oxygen atoms in total. The number of nitrogens with zero attached hydrogens (tertiary/aromatic N) is 1. The van der Waals surface area contributed by atoms with Crippen molar-refractivity contribution in [3.8, 4) is 0 Å². The van der Waals surface area contributed by atoms with E-state index in [4.69, 9.17) is 0 Å². The molecule has 0 amide bonds. The molecule has 3 heteroatoms. The first-order chi connectivity index (χ1) is 6.09. The second-order valence-corrected chi connectivity index (χ2v) is 4.82. The molecular weight excluding hydrogens is 230 g/mol. The summed E-state index contributed by atoms with van der Waals surface area (Å²) in [4.78, 5) is 13.3.